The number of hydrogen-bond donors (Lipinski definition) is 1. The van der Waals surface area contributed by atoms with Crippen LogP contribution in [0, 0.1) is 0 Å². The van der Waals surface area contributed by atoms with E-state index in [4.69, 9.17) is 19.2 Å². The molecule has 0 spiro atoms. The smallest absolute Gasteiger partial charge is 0.218 e. The summed E-state index contributed by atoms with van der Waals surface area (Å²) in [6.45, 7) is 8.08. The van der Waals surface area contributed by atoms with Crippen molar-refractivity contribution in [3.8, 4) is 5.75 Å². The quantitative estimate of drug-likeness (QED) is 0.581. The number of rotatable bonds is 6. The van der Waals surface area contributed by atoms with E-state index in [-0.39, 0.29) is 6.61 Å². The van der Waals surface area contributed by atoms with Gasteiger partial charge in [0.1, 0.15) is 17.5 Å². The summed E-state index contributed by atoms with van der Waals surface area (Å²) < 4.78 is 11.7. The highest BCUT2D eigenvalue weighted by atomic mass is 17.2. The fraction of sp³-hybridized carbons (Fsp3) is 0.280. The van der Waals surface area contributed by atoms with Crippen molar-refractivity contribution >= 4 is 16.3 Å². The van der Waals surface area contributed by atoms with Crippen LogP contribution in [0.2, 0.25) is 0 Å². The monoisotopic (exact) mass is 406 g/mol. The third-order valence-electron chi connectivity index (χ3n) is 5.12. The first kappa shape index (κ1) is 20.6. The standard InChI is InChI=1S/C25H26O5/c1-17(18-11-13-20(14-12-18)28-25(2,3)16-26)23-15-27-24(30-29-23)22-10-6-8-19-7-4-5-9-21(19)22/h4-14,23-24,26H,1,15-16H2,2-3H3. The van der Waals surface area contributed by atoms with Gasteiger partial charge in [0, 0.05) is 5.56 Å². The Kier molecular flexibility index (Phi) is 5.88. The molecule has 1 aliphatic heterocycles. The number of aliphatic hydroxyl groups is 1. The van der Waals surface area contributed by atoms with Crippen LogP contribution in [0.15, 0.2) is 73.3 Å². The SMILES string of the molecule is C=C(c1ccc(OC(C)(C)CO)cc1)C1COC(c2cccc3ccccc23)OO1. The van der Waals surface area contributed by atoms with E-state index in [0.29, 0.717) is 12.4 Å². The zero-order valence-corrected chi connectivity index (χ0v) is 17.2. The van der Waals surface area contributed by atoms with Gasteiger partial charge in [-0.2, -0.15) is 4.89 Å². The van der Waals surface area contributed by atoms with E-state index in [2.05, 4.69) is 18.7 Å². The van der Waals surface area contributed by atoms with Crippen LogP contribution in [0.5, 0.6) is 5.75 Å². The van der Waals surface area contributed by atoms with Gasteiger partial charge >= 0.3 is 0 Å². The molecular weight excluding hydrogens is 380 g/mol. The van der Waals surface area contributed by atoms with Crippen LogP contribution >= 0.6 is 0 Å². The second kappa shape index (κ2) is 8.58. The van der Waals surface area contributed by atoms with Gasteiger partial charge in [0.05, 0.1) is 13.2 Å². The number of benzene rings is 3. The summed E-state index contributed by atoms with van der Waals surface area (Å²) in [5, 5.41) is 11.5. The Morgan fingerprint density at radius 3 is 2.47 bits per heavy atom. The third-order valence-corrected chi connectivity index (χ3v) is 5.12. The third kappa shape index (κ3) is 4.40. The lowest BCUT2D eigenvalue weighted by molar-refractivity contribution is -0.435. The Balaban J connectivity index is 1.41. The number of aliphatic hydroxyl groups excluding tert-OH is 1. The molecule has 2 atom stereocenters. The van der Waals surface area contributed by atoms with Crippen molar-refractivity contribution in [1.82, 2.24) is 0 Å². The van der Waals surface area contributed by atoms with E-state index in [0.717, 1.165) is 27.5 Å². The molecule has 4 rings (SSSR count). The van der Waals surface area contributed by atoms with Crippen LogP contribution in [0.1, 0.15) is 31.3 Å². The van der Waals surface area contributed by atoms with Gasteiger partial charge in [-0.15, -0.1) is 0 Å². The molecule has 0 radical (unpaired) electrons. The zero-order valence-electron chi connectivity index (χ0n) is 17.2. The van der Waals surface area contributed by atoms with Crippen molar-refractivity contribution in [2.45, 2.75) is 31.8 Å². The normalized spacial score (nSPS) is 19.6. The second-order valence-electron chi connectivity index (χ2n) is 7.98. The molecule has 3 aromatic rings. The zero-order chi connectivity index (χ0) is 21.1. The Bertz CT molecular complexity index is 1010. The van der Waals surface area contributed by atoms with Gasteiger partial charge in [0.15, 0.2) is 0 Å². The molecule has 3 aromatic carbocycles. The topological polar surface area (TPSA) is 57.2 Å². The minimum absolute atomic E-state index is 0.0656. The van der Waals surface area contributed by atoms with E-state index < -0.39 is 18.0 Å². The van der Waals surface area contributed by atoms with Crippen LogP contribution < -0.4 is 4.74 Å². The molecule has 1 N–H and O–H groups in total. The maximum Gasteiger partial charge on any atom is 0.218 e. The van der Waals surface area contributed by atoms with Crippen LogP contribution in [-0.4, -0.2) is 30.0 Å². The molecule has 1 aliphatic rings. The van der Waals surface area contributed by atoms with Crippen LogP contribution in [-0.2, 0) is 14.5 Å². The van der Waals surface area contributed by atoms with E-state index in [1.165, 1.54) is 0 Å². The van der Waals surface area contributed by atoms with Crippen molar-refractivity contribution < 1.29 is 24.4 Å². The first-order valence-electron chi connectivity index (χ1n) is 9.97. The summed E-state index contributed by atoms with van der Waals surface area (Å²) in [5.74, 6) is 0.679. The lowest BCUT2D eigenvalue weighted by Crippen LogP contribution is -2.32. The van der Waals surface area contributed by atoms with Crippen LogP contribution in [0.4, 0.5) is 0 Å². The summed E-state index contributed by atoms with van der Waals surface area (Å²) in [6.07, 6.45) is -0.992. The highest BCUT2D eigenvalue weighted by Crippen LogP contribution is 2.33. The Hall–Kier alpha value is -2.70. The molecule has 0 aromatic heterocycles. The molecule has 156 valence electrons. The summed E-state index contributed by atoms with van der Waals surface area (Å²) in [4.78, 5) is 11.2. The molecule has 5 heteroatoms. The fourth-order valence-corrected chi connectivity index (χ4v) is 3.38. The van der Waals surface area contributed by atoms with Gasteiger partial charge in [-0.05, 0) is 47.9 Å². The first-order chi connectivity index (χ1) is 14.5. The lowest BCUT2D eigenvalue weighted by atomic mass is 10.0. The average Bonchev–Trinajstić information content (AvgIpc) is 2.79. The summed E-state index contributed by atoms with van der Waals surface area (Å²) in [6, 6.07) is 21.6. The van der Waals surface area contributed by atoms with Crippen molar-refractivity contribution in [2.75, 3.05) is 13.2 Å². The first-order valence-corrected chi connectivity index (χ1v) is 9.97. The minimum Gasteiger partial charge on any atom is -0.485 e. The molecule has 1 saturated heterocycles. The van der Waals surface area contributed by atoms with E-state index >= 15 is 0 Å². The van der Waals surface area contributed by atoms with Crippen molar-refractivity contribution in [2.24, 2.45) is 0 Å². The van der Waals surface area contributed by atoms with Crippen molar-refractivity contribution in [3.63, 3.8) is 0 Å². The van der Waals surface area contributed by atoms with Crippen LogP contribution in [0.25, 0.3) is 16.3 Å². The maximum absolute atomic E-state index is 9.35. The Morgan fingerprint density at radius 2 is 1.77 bits per heavy atom. The molecular formula is C25H26O5. The molecule has 30 heavy (non-hydrogen) atoms. The van der Waals surface area contributed by atoms with Gasteiger partial charge < -0.3 is 14.6 Å². The van der Waals surface area contributed by atoms with Crippen molar-refractivity contribution in [3.05, 3.63) is 84.4 Å². The number of hydrogen-bond acceptors (Lipinski definition) is 5. The van der Waals surface area contributed by atoms with Gasteiger partial charge in [-0.1, -0.05) is 61.2 Å². The van der Waals surface area contributed by atoms with Gasteiger partial charge in [-0.3, -0.25) is 0 Å². The molecule has 0 aliphatic carbocycles. The van der Waals surface area contributed by atoms with Crippen molar-refractivity contribution in [1.29, 1.82) is 0 Å². The maximum atomic E-state index is 9.35. The second-order valence-corrected chi connectivity index (χ2v) is 7.98. The fourth-order valence-electron chi connectivity index (χ4n) is 3.38. The van der Waals surface area contributed by atoms with Gasteiger partial charge in [0.25, 0.3) is 0 Å². The molecule has 5 nitrogen and oxygen atoms in total. The Labute approximate surface area is 176 Å². The molecule has 0 bridgehead atoms. The molecule has 0 saturated carbocycles. The highest BCUT2D eigenvalue weighted by Gasteiger charge is 2.28. The molecule has 1 heterocycles. The van der Waals surface area contributed by atoms with E-state index in [9.17, 15) is 5.11 Å². The number of ether oxygens (including phenoxy) is 2. The lowest BCUT2D eigenvalue weighted by Gasteiger charge is -2.30. The highest BCUT2D eigenvalue weighted by molar-refractivity contribution is 5.85. The Morgan fingerprint density at radius 1 is 1.03 bits per heavy atom. The number of fused-ring (bicyclic) bond motifs is 1. The van der Waals surface area contributed by atoms with E-state index in [1.807, 2.05) is 68.4 Å². The predicted molar refractivity (Wildman–Crippen MR) is 116 cm³/mol. The minimum atomic E-state index is -0.636. The summed E-state index contributed by atoms with van der Waals surface area (Å²) >= 11 is 0. The molecule has 2 unspecified atom stereocenters. The van der Waals surface area contributed by atoms with Crippen LogP contribution in [0.3, 0.4) is 0 Å². The van der Waals surface area contributed by atoms with E-state index in [1.54, 1.807) is 0 Å². The molecule has 0 amide bonds. The van der Waals surface area contributed by atoms with Gasteiger partial charge in [0.2, 0.25) is 6.29 Å². The average molecular weight is 406 g/mol. The summed E-state index contributed by atoms with van der Waals surface area (Å²) in [5.41, 5.74) is 1.97. The predicted octanol–water partition coefficient (Wildman–Crippen LogP) is 5.05. The van der Waals surface area contributed by atoms with Gasteiger partial charge in [-0.25, -0.2) is 4.89 Å². The largest absolute Gasteiger partial charge is 0.485 e. The summed E-state index contributed by atoms with van der Waals surface area (Å²) in [7, 11) is 0. The molecule has 1 fully saturated rings.